The molecule has 0 aromatic rings. The average Bonchev–Trinajstić information content (AvgIpc) is 2.15. The monoisotopic (exact) mass is 214 g/mol. The van der Waals surface area contributed by atoms with Gasteiger partial charge in [0.2, 0.25) is 11.8 Å². The molecular weight excluding hydrogens is 200 g/mol. The van der Waals surface area contributed by atoms with Gasteiger partial charge >= 0.3 is 5.97 Å². The third-order valence-electron chi connectivity index (χ3n) is 2.15. The number of rotatable bonds is 3. The molecule has 0 radical (unpaired) electrons. The lowest BCUT2D eigenvalue weighted by Gasteiger charge is -2.29. The van der Waals surface area contributed by atoms with Gasteiger partial charge in [-0.1, -0.05) is 0 Å². The molecular formula is C9H14N2O4. The van der Waals surface area contributed by atoms with Crippen LogP contribution in [0.15, 0.2) is 0 Å². The number of hydrogen-bond acceptors (Lipinski definition) is 5. The van der Waals surface area contributed by atoms with Crippen LogP contribution in [0.25, 0.3) is 0 Å². The number of carbonyl (C=O) groups excluding carboxylic acids is 3. The topological polar surface area (TPSA) is 75.7 Å². The van der Waals surface area contributed by atoms with E-state index in [9.17, 15) is 14.4 Å². The SMILES string of the molecule is CCOC(=O)C(C)N1CC(=O)NC(=O)C1. The smallest absolute Gasteiger partial charge is 0.323 e. The van der Waals surface area contributed by atoms with Crippen molar-refractivity contribution in [2.24, 2.45) is 0 Å². The van der Waals surface area contributed by atoms with Crippen molar-refractivity contribution in [3.8, 4) is 0 Å². The molecule has 84 valence electrons. The molecule has 2 amide bonds. The molecule has 1 fully saturated rings. The van der Waals surface area contributed by atoms with Gasteiger partial charge in [0.25, 0.3) is 0 Å². The van der Waals surface area contributed by atoms with Crippen molar-refractivity contribution in [1.82, 2.24) is 10.2 Å². The van der Waals surface area contributed by atoms with Crippen LogP contribution in [0.5, 0.6) is 0 Å². The third kappa shape index (κ3) is 3.02. The van der Waals surface area contributed by atoms with Crippen LogP contribution in [0.3, 0.4) is 0 Å². The summed E-state index contributed by atoms with van der Waals surface area (Å²) in [5, 5.41) is 2.16. The fourth-order valence-electron chi connectivity index (χ4n) is 1.35. The predicted molar refractivity (Wildman–Crippen MR) is 50.8 cm³/mol. The molecule has 0 spiro atoms. The molecule has 6 nitrogen and oxygen atoms in total. The van der Waals surface area contributed by atoms with E-state index in [4.69, 9.17) is 4.74 Å². The van der Waals surface area contributed by atoms with Gasteiger partial charge < -0.3 is 4.74 Å². The Morgan fingerprint density at radius 2 is 2.00 bits per heavy atom. The van der Waals surface area contributed by atoms with Gasteiger partial charge in [-0.05, 0) is 13.8 Å². The summed E-state index contributed by atoms with van der Waals surface area (Å²) in [5.74, 6) is -1.19. The van der Waals surface area contributed by atoms with Crippen LogP contribution in [0.2, 0.25) is 0 Å². The lowest BCUT2D eigenvalue weighted by Crippen LogP contribution is -2.56. The Bertz CT molecular complexity index is 274. The second kappa shape index (κ2) is 4.88. The van der Waals surface area contributed by atoms with Crippen LogP contribution in [0, 0.1) is 0 Å². The minimum absolute atomic E-state index is 0.0473. The van der Waals surface area contributed by atoms with Crippen LogP contribution in [0.1, 0.15) is 13.8 Å². The fraction of sp³-hybridized carbons (Fsp3) is 0.667. The minimum atomic E-state index is -0.569. The number of amides is 2. The molecule has 1 aliphatic heterocycles. The summed E-state index contributed by atoms with van der Waals surface area (Å²) in [4.78, 5) is 34.9. The molecule has 1 unspecified atom stereocenters. The number of hydrogen-bond donors (Lipinski definition) is 1. The zero-order valence-electron chi connectivity index (χ0n) is 8.78. The Labute approximate surface area is 87.6 Å². The van der Waals surface area contributed by atoms with Crippen LogP contribution in [-0.4, -0.2) is 48.4 Å². The van der Waals surface area contributed by atoms with E-state index in [-0.39, 0.29) is 31.5 Å². The average molecular weight is 214 g/mol. The molecule has 1 atom stereocenters. The summed E-state index contributed by atoms with van der Waals surface area (Å²) >= 11 is 0. The van der Waals surface area contributed by atoms with Crippen molar-refractivity contribution in [1.29, 1.82) is 0 Å². The normalized spacial score (nSPS) is 19.6. The molecule has 1 aliphatic rings. The first kappa shape index (κ1) is 11.6. The van der Waals surface area contributed by atoms with E-state index in [1.807, 2.05) is 0 Å². The Kier molecular flexibility index (Phi) is 3.79. The van der Waals surface area contributed by atoms with E-state index in [1.54, 1.807) is 13.8 Å². The first-order valence-corrected chi connectivity index (χ1v) is 4.78. The summed E-state index contributed by atoms with van der Waals surface area (Å²) in [7, 11) is 0. The molecule has 0 aromatic carbocycles. The van der Waals surface area contributed by atoms with Crippen LogP contribution < -0.4 is 5.32 Å². The number of piperazine rings is 1. The number of nitrogens with one attached hydrogen (secondary N) is 1. The van der Waals surface area contributed by atoms with Gasteiger partial charge in [0.05, 0.1) is 19.7 Å². The lowest BCUT2D eigenvalue weighted by molar-refractivity contribution is -0.151. The van der Waals surface area contributed by atoms with Crippen molar-refractivity contribution in [2.45, 2.75) is 19.9 Å². The summed E-state index contributed by atoms with van der Waals surface area (Å²) in [6, 6.07) is -0.569. The number of nitrogens with zero attached hydrogens (tertiary/aromatic N) is 1. The third-order valence-corrected chi connectivity index (χ3v) is 2.15. The Morgan fingerprint density at radius 3 is 2.47 bits per heavy atom. The Morgan fingerprint density at radius 1 is 1.47 bits per heavy atom. The van der Waals surface area contributed by atoms with E-state index in [0.29, 0.717) is 0 Å². The summed E-state index contributed by atoms with van der Waals surface area (Å²) in [5.41, 5.74) is 0. The maximum atomic E-state index is 11.3. The van der Waals surface area contributed by atoms with Crippen molar-refractivity contribution in [3.63, 3.8) is 0 Å². The van der Waals surface area contributed by atoms with Gasteiger partial charge in [-0.15, -0.1) is 0 Å². The molecule has 0 bridgehead atoms. The Hall–Kier alpha value is -1.43. The number of esters is 1. The molecule has 1 rings (SSSR count). The largest absolute Gasteiger partial charge is 0.465 e. The molecule has 1 heterocycles. The highest BCUT2D eigenvalue weighted by Gasteiger charge is 2.30. The van der Waals surface area contributed by atoms with E-state index < -0.39 is 12.0 Å². The van der Waals surface area contributed by atoms with Crippen LogP contribution >= 0.6 is 0 Å². The molecule has 15 heavy (non-hydrogen) atoms. The standard InChI is InChI=1S/C9H14N2O4/c1-3-15-9(14)6(2)11-4-7(12)10-8(13)5-11/h6H,3-5H2,1-2H3,(H,10,12,13). The van der Waals surface area contributed by atoms with E-state index in [0.717, 1.165) is 0 Å². The van der Waals surface area contributed by atoms with Gasteiger partial charge in [-0.2, -0.15) is 0 Å². The summed E-state index contributed by atoms with van der Waals surface area (Å²) in [6.45, 7) is 3.71. The van der Waals surface area contributed by atoms with Gasteiger partial charge in [-0.3, -0.25) is 24.6 Å². The highest BCUT2D eigenvalue weighted by atomic mass is 16.5. The summed E-state index contributed by atoms with van der Waals surface area (Å²) < 4.78 is 4.80. The maximum absolute atomic E-state index is 11.3. The van der Waals surface area contributed by atoms with E-state index >= 15 is 0 Å². The molecule has 6 heteroatoms. The minimum Gasteiger partial charge on any atom is -0.465 e. The quantitative estimate of drug-likeness (QED) is 0.476. The van der Waals surface area contributed by atoms with Gasteiger partial charge in [-0.25, -0.2) is 0 Å². The molecule has 0 aromatic heterocycles. The van der Waals surface area contributed by atoms with Crippen molar-refractivity contribution in [3.05, 3.63) is 0 Å². The van der Waals surface area contributed by atoms with Crippen LogP contribution in [0.4, 0.5) is 0 Å². The first-order chi connectivity index (χ1) is 7.04. The number of carbonyl (C=O) groups is 3. The molecule has 0 aliphatic carbocycles. The predicted octanol–water partition coefficient (Wildman–Crippen LogP) is -1.10. The van der Waals surface area contributed by atoms with E-state index in [2.05, 4.69) is 5.32 Å². The first-order valence-electron chi connectivity index (χ1n) is 4.78. The Balaban J connectivity index is 2.58. The van der Waals surface area contributed by atoms with E-state index in [1.165, 1.54) is 4.90 Å². The van der Waals surface area contributed by atoms with Crippen molar-refractivity contribution in [2.75, 3.05) is 19.7 Å². The molecule has 1 saturated heterocycles. The highest BCUT2D eigenvalue weighted by Crippen LogP contribution is 2.04. The van der Waals surface area contributed by atoms with Gasteiger partial charge in [0, 0.05) is 0 Å². The van der Waals surface area contributed by atoms with Gasteiger partial charge in [0.15, 0.2) is 0 Å². The number of ether oxygens (including phenoxy) is 1. The highest BCUT2D eigenvalue weighted by molar-refractivity contribution is 5.99. The van der Waals surface area contributed by atoms with Crippen LogP contribution in [-0.2, 0) is 19.1 Å². The maximum Gasteiger partial charge on any atom is 0.323 e. The number of imide groups is 1. The second-order valence-electron chi connectivity index (χ2n) is 3.30. The zero-order valence-corrected chi connectivity index (χ0v) is 8.78. The van der Waals surface area contributed by atoms with Gasteiger partial charge in [0.1, 0.15) is 6.04 Å². The zero-order chi connectivity index (χ0) is 11.4. The fourth-order valence-corrected chi connectivity index (χ4v) is 1.35. The second-order valence-corrected chi connectivity index (χ2v) is 3.30. The summed E-state index contributed by atoms with van der Waals surface area (Å²) in [6.07, 6.45) is 0. The van der Waals surface area contributed by atoms with Crippen molar-refractivity contribution >= 4 is 17.8 Å². The lowest BCUT2D eigenvalue weighted by atomic mass is 10.2. The molecule has 0 saturated carbocycles. The van der Waals surface area contributed by atoms with Crippen molar-refractivity contribution < 1.29 is 19.1 Å². The molecule has 1 N–H and O–H groups in total.